The number of hydrogen-bond acceptors (Lipinski definition) is 4. The minimum absolute atomic E-state index is 0.754. The van der Waals surface area contributed by atoms with Crippen LogP contribution in [0.5, 0.6) is 0 Å². The number of fused-ring (bicyclic) bond motifs is 1. The van der Waals surface area contributed by atoms with Crippen molar-refractivity contribution in [2.45, 2.75) is 13.3 Å². The SMILES string of the molecule is CCCN(OC)c1ccc2cc(N)ccc2n1. The lowest BCUT2D eigenvalue weighted by molar-refractivity contribution is 0.165. The van der Waals surface area contributed by atoms with Crippen molar-refractivity contribution >= 4 is 22.4 Å². The average Bonchev–Trinajstić information content (AvgIpc) is 2.35. The van der Waals surface area contributed by atoms with Gasteiger partial charge in [-0.2, -0.15) is 0 Å². The second-order valence-electron chi connectivity index (χ2n) is 3.91. The Morgan fingerprint density at radius 3 is 2.82 bits per heavy atom. The molecule has 1 aromatic heterocycles. The number of nitrogen functional groups attached to an aromatic ring is 1. The molecule has 2 aromatic rings. The van der Waals surface area contributed by atoms with Crippen LogP contribution < -0.4 is 10.8 Å². The van der Waals surface area contributed by atoms with Gasteiger partial charge in [0.15, 0.2) is 5.82 Å². The van der Waals surface area contributed by atoms with Crippen LogP contribution in [0.4, 0.5) is 11.5 Å². The smallest absolute Gasteiger partial charge is 0.153 e. The van der Waals surface area contributed by atoms with Crippen LogP contribution in [0.1, 0.15) is 13.3 Å². The van der Waals surface area contributed by atoms with Gasteiger partial charge in [-0.05, 0) is 36.8 Å². The lowest BCUT2D eigenvalue weighted by Gasteiger charge is -2.20. The third-order valence-electron chi connectivity index (χ3n) is 2.60. The number of pyridine rings is 1. The molecular formula is C13H17N3O. The highest BCUT2D eigenvalue weighted by Crippen LogP contribution is 2.20. The number of nitrogens with two attached hydrogens (primary N) is 1. The number of anilines is 2. The van der Waals surface area contributed by atoms with Gasteiger partial charge in [0.2, 0.25) is 0 Å². The molecule has 0 amide bonds. The second-order valence-corrected chi connectivity index (χ2v) is 3.91. The molecular weight excluding hydrogens is 214 g/mol. The standard InChI is InChI=1S/C13H17N3O/c1-3-8-16(17-2)13-7-4-10-9-11(14)5-6-12(10)15-13/h4-7,9H,3,8,14H2,1-2H3. The molecule has 1 aromatic carbocycles. The van der Waals surface area contributed by atoms with E-state index >= 15 is 0 Å². The van der Waals surface area contributed by atoms with E-state index in [2.05, 4.69) is 11.9 Å². The van der Waals surface area contributed by atoms with E-state index < -0.39 is 0 Å². The molecule has 0 spiro atoms. The molecule has 0 atom stereocenters. The van der Waals surface area contributed by atoms with Crippen molar-refractivity contribution in [3.8, 4) is 0 Å². The van der Waals surface area contributed by atoms with Gasteiger partial charge in [0, 0.05) is 17.6 Å². The maximum atomic E-state index is 5.73. The summed E-state index contributed by atoms with van der Waals surface area (Å²) in [6.45, 7) is 2.93. The molecule has 0 aliphatic heterocycles. The molecule has 4 heteroatoms. The van der Waals surface area contributed by atoms with Gasteiger partial charge in [0.25, 0.3) is 0 Å². The van der Waals surface area contributed by atoms with E-state index in [0.717, 1.165) is 35.4 Å². The molecule has 0 fully saturated rings. The molecule has 0 bridgehead atoms. The van der Waals surface area contributed by atoms with E-state index in [-0.39, 0.29) is 0 Å². The highest BCUT2D eigenvalue weighted by Gasteiger charge is 2.06. The predicted molar refractivity (Wildman–Crippen MR) is 70.8 cm³/mol. The Morgan fingerprint density at radius 2 is 2.12 bits per heavy atom. The van der Waals surface area contributed by atoms with Gasteiger partial charge in [-0.15, -0.1) is 0 Å². The zero-order valence-electron chi connectivity index (χ0n) is 10.2. The first-order valence-electron chi connectivity index (χ1n) is 5.72. The Bertz CT molecular complexity index is 513. The van der Waals surface area contributed by atoms with Crippen LogP contribution >= 0.6 is 0 Å². The normalized spacial score (nSPS) is 10.7. The highest BCUT2D eigenvalue weighted by molar-refractivity contribution is 5.83. The fraction of sp³-hybridized carbons (Fsp3) is 0.308. The maximum absolute atomic E-state index is 5.73. The van der Waals surface area contributed by atoms with E-state index in [0.29, 0.717) is 0 Å². The van der Waals surface area contributed by atoms with Gasteiger partial charge in [-0.3, -0.25) is 4.84 Å². The third-order valence-corrected chi connectivity index (χ3v) is 2.60. The number of rotatable bonds is 4. The van der Waals surface area contributed by atoms with Gasteiger partial charge in [-0.25, -0.2) is 10.0 Å². The Hall–Kier alpha value is -1.81. The van der Waals surface area contributed by atoms with Crippen molar-refractivity contribution in [1.29, 1.82) is 0 Å². The second kappa shape index (κ2) is 5.01. The first kappa shape index (κ1) is 11.7. The van der Waals surface area contributed by atoms with Crippen molar-refractivity contribution in [3.63, 3.8) is 0 Å². The fourth-order valence-electron chi connectivity index (χ4n) is 1.77. The van der Waals surface area contributed by atoms with E-state index in [9.17, 15) is 0 Å². The molecule has 17 heavy (non-hydrogen) atoms. The molecule has 0 aliphatic rings. The summed E-state index contributed by atoms with van der Waals surface area (Å²) in [6, 6.07) is 9.66. The summed E-state index contributed by atoms with van der Waals surface area (Å²) < 4.78 is 0. The lowest BCUT2D eigenvalue weighted by atomic mass is 10.2. The van der Waals surface area contributed by atoms with E-state index in [1.54, 1.807) is 12.2 Å². The van der Waals surface area contributed by atoms with E-state index in [4.69, 9.17) is 10.6 Å². The van der Waals surface area contributed by atoms with Crippen LogP contribution in [0.3, 0.4) is 0 Å². The number of benzene rings is 1. The summed E-state index contributed by atoms with van der Waals surface area (Å²) in [5.74, 6) is 0.826. The first-order valence-corrected chi connectivity index (χ1v) is 5.72. The summed E-state index contributed by atoms with van der Waals surface area (Å²) in [7, 11) is 1.66. The molecule has 2 N–H and O–H groups in total. The molecule has 0 saturated heterocycles. The zero-order valence-corrected chi connectivity index (χ0v) is 10.2. The summed E-state index contributed by atoms with van der Waals surface area (Å²) in [5, 5.41) is 2.83. The van der Waals surface area contributed by atoms with Crippen LogP contribution in [0.2, 0.25) is 0 Å². The van der Waals surface area contributed by atoms with Gasteiger partial charge in [-0.1, -0.05) is 6.92 Å². The summed E-state index contributed by atoms with van der Waals surface area (Å²) in [6.07, 6.45) is 1.01. The van der Waals surface area contributed by atoms with Crippen molar-refractivity contribution in [3.05, 3.63) is 30.3 Å². The molecule has 1 heterocycles. The third kappa shape index (κ3) is 2.47. The van der Waals surface area contributed by atoms with E-state index in [1.165, 1.54) is 0 Å². The maximum Gasteiger partial charge on any atom is 0.153 e. The fourth-order valence-corrected chi connectivity index (χ4v) is 1.77. The van der Waals surface area contributed by atoms with Crippen LogP contribution in [-0.2, 0) is 4.84 Å². The molecule has 90 valence electrons. The van der Waals surface area contributed by atoms with Crippen molar-refractivity contribution in [2.24, 2.45) is 0 Å². The molecule has 0 unspecified atom stereocenters. The highest BCUT2D eigenvalue weighted by atomic mass is 16.7. The first-order chi connectivity index (χ1) is 8.24. The quantitative estimate of drug-likeness (QED) is 0.649. The molecule has 0 radical (unpaired) electrons. The topological polar surface area (TPSA) is 51.4 Å². The molecule has 0 aliphatic carbocycles. The summed E-state index contributed by atoms with van der Waals surface area (Å²) in [5.41, 5.74) is 7.41. The van der Waals surface area contributed by atoms with Crippen LogP contribution in [0.25, 0.3) is 10.9 Å². The average molecular weight is 231 g/mol. The summed E-state index contributed by atoms with van der Waals surface area (Å²) >= 11 is 0. The van der Waals surface area contributed by atoms with Gasteiger partial charge in [0.1, 0.15) is 0 Å². The van der Waals surface area contributed by atoms with Gasteiger partial charge in [0.05, 0.1) is 12.6 Å². The Balaban J connectivity index is 2.40. The van der Waals surface area contributed by atoms with Gasteiger partial charge < -0.3 is 5.73 Å². The van der Waals surface area contributed by atoms with Crippen LogP contribution in [0.15, 0.2) is 30.3 Å². The number of hydrogen-bond donors (Lipinski definition) is 1. The molecule has 0 saturated carbocycles. The minimum atomic E-state index is 0.754. The summed E-state index contributed by atoms with van der Waals surface area (Å²) in [4.78, 5) is 9.85. The van der Waals surface area contributed by atoms with Crippen molar-refractivity contribution in [2.75, 3.05) is 24.5 Å². The van der Waals surface area contributed by atoms with Gasteiger partial charge >= 0.3 is 0 Å². The Labute approximate surface area is 101 Å². The number of hydroxylamine groups is 1. The Morgan fingerprint density at radius 1 is 1.29 bits per heavy atom. The zero-order chi connectivity index (χ0) is 12.3. The molecule has 2 rings (SSSR count). The Kier molecular flexibility index (Phi) is 3.44. The minimum Gasteiger partial charge on any atom is -0.399 e. The largest absolute Gasteiger partial charge is 0.399 e. The van der Waals surface area contributed by atoms with E-state index in [1.807, 2.05) is 30.3 Å². The van der Waals surface area contributed by atoms with Crippen LogP contribution in [-0.4, -0.2) is 18.6 Å². The van der Waals surface area contributed by atoms with Crippen molar-refractivity contribution in [1.82, 2.24) is 4.98 Å². The van der Waals surface area contributed by atoms with Crippen LogP contribution in [0, 0.1) is 0 Å². The number of aromatic nitrogens is 1. The van der Waals surface area contributed by atoms with Crippen molar-refractivity contribution < 1.29 is 4.84 Å². The molecule has 4 nitrogen and oxygen atoms in total. The lowest BCUT2D eigenvalue weighted by Crippen LogP contribution is -2.23. The predicted octanol–water partition coefficient (Wildman–Crippen LogP) is 2.59. The monoisotopic (exact) mass is 231 g/mol. The number of nitrogens with zero attached hydrogens (tertiary/aromatic N) is 2.